The molecule has 40 heavy (non-hydrogen) atoms. The van der Waals surface area contributed by atoms with Crippen LogP contribution in [0, 0.1) is 5.92 Å². The smallest absolute Gasteiger partial charge is 0.271 e. The van der Waals surface area contributed by atoms with E-state index >= 15 is 0 Å². The number of aliphatic hydroxyl groups excluding tert-OH is 1. The first-order chi connectivity index (χ1) is 19.2. The van der Waals surface area contributed by atoms with Crippen molar-refractivity contribution in [3.05, 3.63) is 52.0 Å². The number of benzene rings is 1. The number of amides is 4. The first-order valence-corrected chi connectivity index (χ1v) is 14.7. The number of nitrogens with one attached hydrogen (secondary N) is 5. The number of aromatic nitrogens is 1. The van der Waals surface area contributed by atoms with Gasteiger partial charge in [0.15, 0.2) is 0 Å². The summed E-state index contributed by atoms with van der Waals surface area (Å²) in [5.74, 6) is -1.48. The molecule has 0 saturated carbocycles. The maximum Gasteiger partial charge on any atom is 0.271 e. The average molecular weight is 571 g/mol. The summed E-state index contributed by atoms with van der Waals surface area (Å²) in [4.78, 5) is 57.0. The normalized spacial score (nSPS) is 26.6. The lowest BCUT2D eigenvalue weighted by molar-refractivity contribution is -0.130. The number of fused-ring (bicyclic) bond motifs is 2. The molecule has 12 heteroatoms. The van der Waals surface area contributed by atoms with Crippen LogP contribution in [0.15, 0.2) is 35.7 Å². The maximum atomic E-state index is 13.4. The van der Waals surface area contributed by atoms with Crippen LogP contribution in [0.1, 0.15) is 66.6 Å². The molecule has 5 atom stereocenters. The highest BCUT2D eigenvalue weighted by Crippen LogP contribution is 2.26. The summed E-state index contributed by atoms with van der Waals surface area (Å²) < 4.78 is 0. The van der Waals surface area contributed by atoms with E-state index in [0.29, 0.717) is 43.8 Å². The van der Waals surface area contributed by atoms with Crippen molar-refractivity contribution in [1.29, 1.82) is 0 Å². The third kappa shape index (κ3) is 7.86. The molecule has 216 valence electrons. The van der Waals surface area contributed by atoms with Crippen molar-refractivity contribution in [2.75, 3.05) is 13.1 Å². The molecule has 2 aromatic rings. The number of hydrogen-bond acceptors (Lipinski definition) is 8. The van der Waals surface area contributed by atoms with Crippen LogP contribution in [0.3, 0.4) is 0 Å². The minimum Gasteiger partial charge on any atom is -0.392 e. The van der Waals surface area contributed by atoms with Crippen LogP contribution < -0.4 is 26.6 Å². The highest BCUT2D eigenvalue weighted by molar-refractivity contribution is 7.09. The van der Waals surface area contributed by atoms with Crippen molar-refractivity contribution in [2.24, 2.45) is 5.92 Å². The Morgan fingerprint density at radius 2 is 1.90 bits per heavy atom. The molecule has 2 aliphatic rings. The molecule has 4 rings (SSSR count). The Balaban J connectivity index is 1.55. The highest BCUT2D eigenvalue weighted by atomic mass is 32.1. The molecule has 0 spiro atoms. The number of β-amino-alcohol motifs (C(OH)–C–C–N with tert-alkyl or cyclic N) is 1. The van der Waals surface area contributed by atoms with E-state index in [1.165, 1.54) is 11.3 Å². The third-order valence-electron chi connectivity index (χ3n) is 7.17. The van der Waals surface area contributed by atoms with Gasteiger partial charge in [-0.25, -0.2) is 4.98 Å². The van der Waals surface area contributed by atoms with E-state index < -0.39 is 36.2 Å². The van der Waals surface area contributed by atoms with Gasteiger partial charge in [0.05, 0.1) is 18.2 Å². The predicted molar refractivity (Wildman–Crippen MR) is 150 cm³/mol. The minimum atomic E-state index is -0.800. The lowest BCUT2D eigenvalue weighted by Crippen LogP contribution is -2.52. The number of hydrogen-bond donors (Lipinski definition) is 6. The summed E-state index contributed by atoms with van der Waals surface area (Å²) in [7, 11) is 0. The van der Waals surface area contributed by atoms with Gasteiger partial charge >= 0.3 is 0 Å². The SMILES string of the molecule is CC(C)[C@H]1NC(=O)[C@@H](NC(=O)[C@H]2C[C@@H](O)CN2)CCCCNC(=O)C(Cc2ccccc2)NC(=O)c2csc1n2. The zero-order valence-electron chi connectivity index (χ0n) is 22.8. The van der Waals surface area contributed by atoms with Crippen LogP contribution in [0.25, 0.3) is 0 Å². The second-order valence-electron chi connectivity index (χ2n) is 10.7. The fourth-order valence-electron chi connectivity index (χ4n) is 4.86. The first-order valence-electron chi connectivity index (χ1n) is 13.8. The van der Waals surface area contributed by atoms with E-state index in [9.17, 15) is 24.3 Å². The van der Waals surface area contributed by atoms with Gasteiger partial charge in [-0.1, -0.05) is 44.2 Å². The molecular weight excluding hydrogens is 532 g/mol. The van der Waals surface area contributed by atoms with Crippen LogP contribution in [-0.2, 0) is 20.8 Å². The second-order valence-corrected chi connectivity index (χ2v) is 11.6. The fraction of sp³-hybridized carbons (Fsp3) is 0.536. The Morgan fingerprint density at radius 3 is 2.60 bits per heavy atom. The van der Waals surface area contributed by atoms with Gasteiger partial charge in [0.1, 0.15) is 22.8 Å². The topological polar surface area (TPSA) is 162 Å². The van der Waals surface area contributed by atoms with E-state index in [1.54, 1.807) is 5.38 Å². The molecule has 1 saturated heterocycles. The lowest BCUT2D eigenvalue weighted by atomic mass is 10.0. The molecule has 6 N–H and O–H groups in total. The average Bonchev–Trinajstić information content (AvgIpc) is 3.59. The van der Waals surface area contributed by atoms with Gasteiger partial charge < -0.3 is 31.7 Å². The Kier molecular flexibility index (Phi) is 10.2. The molecule has 1 aromatic carbocycles. The summed E-state index contributed by atoms with van der Waals surface area (Å²) in [5.41, 5.74) is 1.09. The molecule has 11 nitrogen and oxygen atoms in total. The van der Waals surface area contributed by atoms with Crippen molar-refractivity contribution in [3.63, 3.8) is 0 Å². The summed E-state index contributed by atoms with van der Waals surface area (Å²) in [6.45, 7) is 4.58. The Bertz CT molecular complexity index is 1190. The maximum absolute atomic E-state index is 13.4. The molecule has 3 heterocycles. The zero-order valence-corrected chi connectivity index (χ0v) is 23.6. The summed E-state index contributed by atoms with van der Waals surface area (Å²) in [6.07, 6.45) is 1.55. The number of carbonyl (C=O) groups is 4. The van der Waals surface area contributed by atoms with Crippen molar-refractivity contribution < 1.29 is 24.3 Å². The van der Waals surface area contributed by atoms with Crippen LogP contribution in [-0.4, -0.2) is 71.0 Å². The van der Waals surface area contributed by atoms with Gasteiger partial charge in [-0.15, -0.1) is 11.3 Å². The highest BCUT2D eigenvalue weighted by Gasteiger charge is 2.33. The number of carbonyl (C=O) groups excluding carboxylic acids is 4. The molecule has 4 amide bonds. The summed E-state index contributed by atoms with van der Waals surface area (Å²) >= 11 is 1.26. The van der Waals surface area contributed by atoms with Crippen LogP contribution in [0.5, 0.6) is 0 Å². The summed E-state index contributed by atoms with van der Waals surface area (Å²) in [5, 5.41) is 26.6. The molecule has 0 radical (unpaired) electrons. The van der Waals surface area contributed by atoms with Crippen molar-refractivity contribution in [3.8, 4) is 0 Å². The van der Waals surface area contributed by atoms with Crippen LogP contribution in [0.4, 0.5) is 0 Å². The standard InChI is InChI=1S/C28H38N6O5S/c1-16(2)23-28-33-22(15-40-28)27(39)32-21(12-17-8-4-3-5-9-17)24(36)29-11-7-6-10-19(25(37)34-23)31-26(38)20-13-18(35)14-30-20/h3-5,8-9,15-16,18-21,23,30,35H,6-7,10-14H2,1-2H3,(H,29,36)(H,31,38)(H,32,39)(H,34,37)/t18-,19+,20-,21?,23-/m1/s1. The van der Waals surface area contributed by atoms with E-state index in [0.717, 1.165) is 5.56 Å². The van der Waals surface area contributed by atoms with Gasteiger partial charge in [-0.05, 0) is 37.2 Å². The largest absolute Gasteiger partial charge is 0.392 e. The number of aliphatic hydroxyl groups is 1. The van der Waals surface area contributed by atoms with Crippen molar-refractivity contribution in [2.45, 2.75) is 76.2 Å². The van der Waals surface area contributed by atoms with Gasteiger partial charge in [0, 0.05) is 24.9 Å². The Hall–Kier alpha value is -3.35. The van der Waals surface area contributed by atoms with E-state index in [4.69, 9.17) is 0 Å². The van der Waals surface area contributed by atoms with Gasteiger partial charge in [0.25, 0.3) is 5.91 Å². The molecule has 1 fully saturated rings. The number of nitrogens with zero attached hydrogens (tertiary/aromatic N) is 1. The molecular formula is C28H38N6O5S. The van der Waals surface area contributed by atoms with Crippen LogP contribution >= 0.6 is 11.3 Å². The molecule has 1 aromatic heterocycles. The minimum absolute atomic E-state index is 0.0375. The quantitative estimate of drug-likeness (QED) is 0.310. The number of thiazole rings is 1. The Morgan fingerprint density at radius 1 is 1.12 bits per heavy atom. The van der Waals surface area contributed by atoms with Crippen LogP contribution in [0.2, 0.25) is 0 Å². The fourth-order valence-corrected chi connectivity index (χ4v) is 5.88. The first kappa shape index (κ1) is 29.6. The van der Waals surface area contributed by atoms with Crippen molar-refractivity contribution in [1.82, 2.24) is 31.6 Å². The Labute approximate surface area is 237 Å². The predicted octanol–water partition coefficient (Wildman–Crippen LogP) is 0.805. The zero-order chi connectivity index (χ0) is 28.6. The van der Waals surface area contributed by atoms with Gasteiger partial charge in [-0.3, -0.25) is 19.2 Å². The molecule has 2 aliphatic heterocycles. The van der Waals surface area contributed by atoms with E-state index in [1.807, 2.05) is 44.2 Å². The van der Waals surface area contributed by atoms with Gasteiger partial charge in [0.2, 0.25) is 17.7 Å². The lowest BCUT2D eigenvalue weighted by Gasteiger charge is -2.26. The molecule has 0 aliphatic carbocycles. The second kappa shape index (κ2) is 13.8. The van der Waals surface area contributed by atoms with Gasteiger partial charge in [-0.2, -0.15) is 0 Å². The number of rotatable bonds is 5. The monoisotopic (exact) mass is 570 g/mol. The molecule has 2 bridgehead atoms. The molecule has 1 unspecified atom stereocenters. The van der Waals surface area contributed by atoms with E-state index in [2.05, 4.69) is 31.6 Å². The van der Waals surface area contributed by atoms with E-state index in [-0.39, 0.29) is 35.8 Å². The van der Waals surface area contributed by atoms with Crippen molar-refractivity contribution >= 4 is 35.0 Å². The summed E-state index contributed by atoms with van der Waals surface area (Å²) in [6, 6.07) is 6.86. The third-order valence-corrected chi connectivity index (χ3v) is 8.09.